The fourth-order valence-corrected chi connectivity index (χ4v) is 2.06. The maximum Gasteiger partial charge on any atom is 0.139 e. The Morgan fingerprint density at radius 3 is 2.52 bits per heavy atom. The van der Waals surface area contributed by atoms with Crippen molar-refractivity contribution in [3.63, 3.8) is 0 Å². The topological polar surface area (TPSA) is 67.7 Å². The van der Waals surface area contributed by atoms with Gasteiger partial charge in [0.2, 0.25) is 0 Å². The molecule has 0 aliphatic rings. The molecule has 2 heterocycles. The van der Waals surface area contributed by atoms with Crippen LogP contribution in [-0.2, 0) is 13.5 Å². The number of rotatable bonds is 7. The molecule has 114 valence electrons. The summed E-state index contributed by atoms with van der Waals surface area (Å²) in [6, 6.07) is 0. The second-order valence-electron chi connectivity index (χ2n) is 5.17. The highest BCUT2D eigenvalue weighted by molar-refractivity contribution is 5.63. The average Bonchev–Trinajstić information content (AvgIpc) is 2.86. The van der Waals surface area contributed by atoms with Gasteiger partial charge in [0.1, 0.15) is 17.5 Å². The Hall–Kier alpha value is -2.11. The lowest BCUT2D eigenvalue weighted by Gasteiger charge is -2.14. The molecule has 2 rings (SSSR count). The normalized spacial score (nSPS) is 10.7. The van der Waals surface area contributed by atoms with Gasteiger partial charge in [-0.2, -0.15) is 5.10 Å². The summed E-state index contributed by atoms with van der Waals surface area (Å²) in [7, 11) is 1.90. The summed E-state index contributed by atoms with van der Waals surface area (Å²) >= 11 is 0. The Bertz CT molecular complexity index is 590. The molecule has 2 aromatic heterocycles. The Balaban J connectivity index is 2.30. The van der Waals surface area contributed by atoms with Crippen LogP contribution in [0.3, 0.4) is 0 Å². The van der Waals surface area contributed by atoms with Gasteiger partial charge >= 0.3 is 0 Å². The standard InChI is InChI=1S/C15H24N6/c1-5-7-13-19-14(16-8-6-2)11(3)15(20-13)18-12-9-17-21(4)10-12/h9-10H,5-8H2,1-4H3,(H2,16,18,19,20). The Morgan fingerprint density at radius 2 is 1.90 bits per heavy atom. The van der Waals surface area contributed by atoms with E-state index in [1.807, 2.05) is 20.2 Å². The molecule has 21 heavy (non-hydrogen) atoms. The lowest BCUT2D eigenvalue weighted by atomic mass is 10.2. The molecular formula is C15H24N6. The molecule has 0 radical (unpaired) electrons. The molecule has 2 N–H and O–H groups in total. The highest BCUT2D eigenvalue weighted by atomic mass is 15.3. The van der Waals surface area contributed by atoms with Crippen LogP contribution in [0.1, 0.15) is 38.1 Å². The van der Waals surface area contributed by atoms with Gasteiger partial charge in [-0.15, -0.1) is 0 Å². The first kappa shape index (κ1) is 15.3. The van der Waals surface area contributed by atoms with Crippen molar-refractivity contribution in [2.45, 2.75) is 40.0 Å². The molecular weight excluding hydrogens is 264 g/mol. The van der Waals surface area contributed by atoms with Gasteiger partial charge in [0.15, 0.2) is 0 Å². The predicted octanol–water partition coefficient (Wildman–Crippen LogP) is 3.04. The number of nitrogens with zero attached hydrogens (tertiary/aromatic N) is 4. The molecule has 0 aliphatic heterocycles. The highest BCUT2D eigenvalue weighted by Crippen LogP contribution is 2.23. The zero-order valence-corrected chi connectivity index (χ0v) is 13.3. The van der Waals surface area contributed by atoms with Crippen molar-refractivity contribution in [1.82, 2.24) is 19.7 Å². The van der Waals surface area contributed by atoms with E-state index < -0.39 is 0 Å². The molecule has 0 spiro atoms. The molecule has 0 fully saturated rings. The quantitative estimate of drug-likeness (QED) is 0.819. The van der Waals surface area contributed by atoms with Gasteiger partial charge in [-0.1, -0.05) is 13.8 Å². The largest absolute Gasteiger partial charge is 0.370 e. The van der Waals surface area contributed by atoms with Gasteiger partial charge < -0.3 is 10.6 Å². The summed E-state index contributed by atoms with van der Waals surface area (Å²) in [4.78, 5) is 9.26. The third-order valence-electron chi connectivity index (χ3n) is 3.18. The highest BCUT2D eigenvalue weighted by Gasteiger charge is 2.11. The zero-order valence-electron chi connectivity index (χ0n) is 13.3. The van der Waals surface area contributed by atoms with Crippen molar-refractivity contribution < 1.29 is 0 Å². The first-order valence-electron chi connectivity index (χ1n) is 7.51. The molecule has 0 amide bonds. The summed E-state index contributed by atoms with van der Waals surface area (Å²) in [5.74, 6) is 2.63. The van der Waals surface area contributed by atoms with Crippen LogP contribution >= 0.6 is 0 Å². The third kappa shape index (κ3) is 3.93. The molecule has 0 saturated carbocycles. The molecule has 0 unspecified atom stereocenters. The van der Waals surface area contributed by atoms with Gasteiger partial charge in [-0.05, 0) is 19.8 Å². The van der Waals surface area contributed by atoms with Crippen LogP contribution in [0.2, 0.25) is 0 Å². The molecule has 0 aliphatic carbocycles. The van der Waals surface area contributed by atoms with Gasteiger partial charge in [-0.3, -0.25) is 4.68 Å². The second kappa shape index (κ2) is 7.06. The summed E-state index contributed by atoms with van der Waals surface area (Å²) in [5.41, 5.74) is 1.97. The van der Waals surface area contributed by atoms with Crippen molar-refractivity contribution >= 4 is 17.3 Å². The van der Waals surface area contributed by atoms with Crippen LogP contribution in [-0.4, -0.2) is 26.3 Å². The van der Waals surface area contributed by atoms with Crippen LogP contribution in [0.4, 0.5) is 17.3 Å². The van der Waals surface area contributed by atoms with Crippen LogP contribution in [0.5, 0.6) is 0 Å². The van der Waals surface area contributed by atoms with Crippen LogP contribution in [0, 0.1) is 6.92 Å². The van der Waals surface area contributed by atoms with Crippen LogP contribution in [0.25, 0.3) is 0 Å². The smallest absolute Gasteiger partial charge is 0.139 e. The fourth-order valence-electron chi connectivity index (χ4n) is 2.06. The lowest BCUT2D eigenvalue weighted by Crippen LogP contribution is -2.10. The lowest BCUT2D eigenvalue weighted by molar-refractivity contribution is 0.768. The molecule has 6 nitrogen and oxygen atoms in total. The van der Waals surface area contributed by atoms with E-state index in [1.165, 1.54) is 0 Å². The van der Waals surface area contributed by atoms with E-state index in [0.29, 0.717) is 0 Å². The van der Waals surface area contributed by atoms with Crippen molar-refractivity contribution in [3.05, 3.63) is 23.8 Å². The number of aromatic nitrogens is 4. The predicted molar refractivity (Wildman–Crippen MR) is 86.0 cm³/mol. The summed E-state index contributed by atoms with van der Waals surface area (Å²) in [6.45, 7) is 7.23. The summed E-state index contributed by atoms with van der Waals surface area (Å²) in [6.07, 6.45) is 6.70. The number of hydrogen-bond acceptors (Lipinski definition) is 5. The SMILES string of the molecule is CCCNc1nc(CCC)nc(Nc2cnn(C)c2)c1C. The maximum atomic E-state index is 4.64. The van der Waals surface area contributed by atoms with Gasteiger partial charge in [0.25, 0.3) is 0 Å². The van der Waals surface area contributed by atoms with Gasteiger partial charge in [0.05, 0.1) is 11.9 Å². The van der Waals surface area contributed by atoms with Crippen LogP contribution in [0.15, 0.2) is 12.4 Å². The van der Waals surface area contributed by atoms with Crippen molar-refractivity contribution in [1.29, 1.82) is 0 Å². The minimum absolute atomic E-state index is 0.847. The Kier molecular flexibility index (Phi) is 5.14. The van der Waals surface area contributed by atoms with E-state index in [0.717, 1.165) is 54.5 Å². The van der Waals surface area contributed by atoms with Crippen molar-refractivity contribution in [2.24, 2.45) is 7.05 Å². The first-order chi connectivity index (χ1) is 10.1. The molecule has 2 aromatic rings. The van der Waals surface area contributed by atoms with Crippen LogP contribution < -0.4 is 10.6 Å². The Labute approximate surface area is 126 Å². The first-order valence-corrected chi connectivity index (χ1v) is 7.51. The molecule has 0 atom stereocenters. The monoisotopic (exact) mass is 288 g/mol. The maximum absolute atomic E-state index is 4.64. The van der Waals surface area contributed by atoms with E-state index in [1.54, 1.807) is 10.9 Å². The zero-order chi connectivity index (χ0) is 15.2. The molecule has 0 aromatic carbocycles. The van der Waals surface area contributed by atoms with E-state index >= 15 is 0 Å². The van der Waals surface area contributed by atoms with Crippen molar-refractivity contribution in [2.75, 3.05) is 17.2 Å². The van der Waals surface area contributed by atoms with E-state index in [9.17, 15) is 0 Å². The molecule has 6 heteroatoms. The van der Waals surface area contributed by atoms with E-state index in [-0.39, 0.29) is 0 Å². The summed E-state index contributed by atoms with van der Waals surface area (Å²) in [5, 5.41) is 10.9. The third-order valence-corrected chi connectivity index (χ3v) is 3.18. The summed E-state index contributed by atoms with van der Waals surface area (Å²) < 4.78 is 1.77. The fraction of sp³-hybridized carbons (Fsp3) is 0.533. The van der Waals surface area contributed by atoms with Gasteiger partial charge in [0, 0.05) is 31.8 Å². The Morgan fingerprint density at radius 1 is 1.14 bits per heavy atom. The van der Waals surface area contributed by atoms with E-state index in [2.05, 4.69) is 39.5 Å². The number of hydrogen-bond donors (Lipinski definition) is 2. The van der Waals surface area contributed by atoms with Gasteiger partial charge in [-0.25, -0.2) is 9.97 Å². The number of nitrogens with one attached hydrogen (secondary N) is 2. The number of anilines is 3. The van der Waals surface area contributed by atoms with E-state index in [4.69, 9.17) is 0 Å². The minimum atomic E-state index is 0.847. The average molecular weight is 288 g/mol. The molecule has 0 bridgehead atoms. The number of aryl methyl sites for hydroxylation is 2. The van der Waals surface area contributed by atoms with Crippen molar-refractivity contribution in [3.8, 4) is 0 Å². The molecule has 0 saturated heterocycles. The minimum Gasteiger partial charge on any atom is -0.370 e. The second-order valence-corrected chi connectivity index (χ2v) is 5.17.